The van der Waals surface area contributed by atoms with Crippen molar-refractivity contribution >= 4 is 5.91 Å². The number of fused-ring (bicyclic) bond motifs is 1. The summed E-state index contributed by atoms with van der Waals surface area (Å²) in [6.07, 6.45) is 2.60. The highest BCUT2D eigenvalue weighted by Crippen LogP contribution is 2.27. The zero-order chi connectivity index (χ0) is 15.6. The Morgan fingerprint density at radius 2 is 2.00 bits per heavy atom. The molecule has 6 heteroatoms. The molecule has 1 amide bonds. The molecule has 2 heterocycles. The molecule has 1 saturated carbocycles. The van der Waals surface area contributed by atoms with Crippen molar-refractivity contribution in [2.24, 2.45) is 5.92 Å². The van der Waals surface area contributed by atoms with Gasteiger partial charge in [0.2, 0.25) is 5.91 Å². The molecule has 1 aliphatic heterocycles. The van der Waals surface area contributed by atoms with E-state index < -0.39 is 0 Å². The molecule has 120 valence electrons. The number of nitrogens with zero attached hydrogens (tertiary/aromatic N) is 4. The largest absolute Gasteiger partial charge is 0.332 e. The van der Waals surface area contributed by atoms with E-state index in [0.717, 1.165) is 42.8 Å². The van der Waals surface area contributed by atoms with E-state index in [9.17, 15) is 4.79 Å². The summed E-state index contributed by atoms with van der Waals surface area (Å²) in [5, 5.41) is 11.9. The number of nitrogens with one attached hydrogen (secondary N) is 1. The minimum Gasteiger partial charge on any atom is -0.332 e. The van der Waals surface area contributed by atoms with Gasteiger partial charge in [0.05, 0.1) is 13.1 Å². The maximum Gasteiger partial charge on any atom is 0.236 e. The summed E-state index contributed by atoms with van der Waals surface area (Å²) < 4.78 is 2.12. The van der Waals surface area contributed by atoms with Crippen LogP contribution in [0.3, 0.4) is 0 Å². The second-order valence-corrected chi connectivity index (χ2v) is 6.35. The van der Waals surface area contributed by atoms with E-state index in [-0.39, 0.29) is 5.91 Å². The highest BCUT2D eigenvalue weighted by Gasteiger charge is 2.25. The number of carbonyl (C=O) groups is 1. The summed E-state index contributed by atoms with van der Waals surface area (Å²) in [7, 11) is 0. The van der Waals surface area contributed by atoms with Crippen LogP contribution in [0.4, 0.5) is 0 Å². The van der Waals surface area contributed by atoms with Crippen LogP contribution in [-0.4, -0.2) is 45.2 Å². The first kappa shape index (κ1) is 14.4. The first-order chi connectivity index (χ1) is 11.3. The molecule has 1 aliphatic carbocycles. The van der Waals surface area contributed by atoms with Gasteiger partial charge in [-0.2, -0.15) is 0 Å². The third-order valence-electron chi connectivity index (χ3n) is 4.54. The highest BCUT2D eigenvalue weighted by atomic mass is 16.2. The fourth-order valence-electron chi connectivity index (χ4n) is 2.99. The smallest absolute Gasteiger partial charge is 0.236 e. The number of hydrogen-bond donors (Lipinski definition) is 1. The molecule has 23 heavy (non-hydrogen) atoms. The third kappa shape index (κ3) is 3.12. The Bertz CT molecular complexity index is 692. The normalized spacial score (nSPS) is 17.1. The topological polar surface area (TPSA) is 63.1 Å². The minimum absolute atomic E-state index is 0.154. The molecular formula is C17H21N5O. The van der Waals surface area contributed by atoms with Crippen LogP contribution in [-0.2, 0) is 17.9 Å². The van der Waals surface area contributed by atoms with Crippen molar-refractivity contribution in [3.05, 3.63) is 36.2 Å². The third-order valence-corrected chi connectivity index (χ3v) is 4.54. The Morgan fingerprint density at radius 1 is 1.17 bits per heavy atom. The molecule has 2 aromatic rings. The standard InChI is InChI=1S/C17H21N5O/c23-16(11-18-10-13-6-7-13)21-8-9-22-15(12-21)19-20-17(22)14-4-2-1-3-5-14/h1-5,13,18H,6-12H2. The van der Waals surface area contributed by atoms with Gasteiger partial charge in [-0.1, -0.05) is 30.3 Å². The second kappa shape index (κ2) is 6.12. The molecule has 0 saturated heterocycles. The zero-order valence-corrected chi connectivity index (χ0v) is 13.1. The quantitative estimate of drug-likeness (QED) is 0.904. The van der Waals surface area contributed by atoms with Gasteiger partial charge >= 0.3 is 0 Å². The summed E-state index contributed by atoms with van der Waals surface area (Å²) in [5.41, 5.74) is 1.07. The van der Waals surface area contributed by atoms with E-state index in [4.69, 9.17) is 0 Å². The fraction of sp³-hybridized carbons (Fsp3) is 0.471. The van der Waals surface area contributed by atoms with Crippen LogP contribution >= 0.6 is 0 Å². The summed E-state index contributed by atoms with van der Waals surface area (Å²) in [4.78, 5) is 14.2. The molecule has 0 radical (unpaired) electrons. The van der Waals surface area contributed by atoms with E-state index >= 15 is 0 Å². The summed E-state index contributed by atoms with van der Waals surface area (Å²) in [5.74, 6) is 2.70. The Hall–Kier alpha value is -2.21. The molecule has 0 atom stereocenters. The first-order valence-electron chi connectivity index (χ1n) is 8.27. The van der Waals surface area contributed by atoms with Gasteiger partial charge in [-0.3, -0.25) is 4.79 Å². The molecule has 1 N–H and O–H groups in total. The van der Waals surface area contributed by atoms with Gasteiger partial charge < -0.3 is 14.8 Å². The number of hydrogen-bond acceptors (Lipinski definition) is 4. The second-order valence-electron chi connectivity index (χ2n) is 6.35. The lowest BCUT2D eigenvalue weighted by molar-refractivity contribution is -0.131. The maximum atomic E-state index is 12.3. The van der Waals surface area contributed by atoms with Gasteiger partial charge in [-0.25, -0.2) is 0 Å². The van der Waals surface area contributed by atoms with Crippen molar-refractivity contribution in [1.82, 2.24) is 25.0 Å². The fourth-order valence-corrected chi connectivity index (χ4v) is 2.99. The van der Waals surface area contributed by atoms with Crippen molar-refractivity contribution in [3.63, 3.8) is 0 Å². The Morgan fingerprint density at radius 3 is 2.78 bits per heavy atom. The highest BCUT2D eigenvalue weighted by molar-refractivity contribution is 5.78. The average Bonchev–Trinajstić information content (AvgIpc) is 3.32. The summed E-state index contributed by atoms with van der Waals surface area (Å²) in [6, 6.07) is 10.1. The van der Waals surface area contributed by atoms with Gasteiger partial charge in [-0.15, -0.1) is 10.2 Å². The van der Waals surface area contributed by atoms with Gasteiger partial charge in [0.15, 0.2) is 11.6 Å². The van der Waals surface area contributed by atoms with Crippen molar-refractivity contribution in [1.29, 1.82) is 0 Å². The first-order valence-corrected chi connectivity index (χ1v) is 8.27. The number of rotatable bonds is 5. The number of carbonyl (C=O) groups excluding carboxylic acids is 1. The molecule has 4 rings (SSSR count). The summed E-state index contributed by atoms with van der Waals surface area (Å²) in [6.45, 7) is 3.41. The number of amides is 1. The molecule has 1 fully saturated rings. The minimum atomic E-state index is 0.154. The van der Waals surface area contributed by atoms with Crippen LogP contribution in [0, 0.1) is 5.92 Å². The van der Waals surface area contributed by atoms with Gasteiger partial charge in [0.25, 0.3) is 0 Å². The molecule has 1 aromatic carbocycles. The molecule has 0 unspecified atom stereocenters. The Labute approximate surface area is 135 Å². The predicted octanol–water partition coefficient (Wildman–Crippen LogP) is 1.29. The maximum absolute atomic E-state index is 12.3. The van der Waals surface area contributed by atoms with E-state index in [1.165, 1.54) is 12.8 Å². The number of benzene rings is 1. The Kier molecular flexibility index (Phi) is 3.83. The van der Waals surface area contributed by atoms with Crippen molar-refractivity contribution < 1.29 is 4.79 Å². The van der Waals surface area contributed by atoms with Crippen LogP contribution in [0.1, 0.15) is 18.7 Å². The van der Waals surface area contributed by atoms with Crippen molar-refractivity contribution in [3.8, 4) is 11.4 Å². The van der Waals surface area contributed by atoms with Crippen LogP contribution < -0.4 is 5.32 Å². The molecule has 1 aromatic heterocycles. The van der Waals surface area contributed by atoms with Gasteiger partial charge in [0, 0.05) is 18.7 Å². The molecule has 6 nitrogen and oxygen atoms in total. The number of aromatic nitrogens is 3. The van der Waals surface area contributed by atoms with E-state index in [2.05, 4.69) is 20.1 Å². The molecule has 0 spiro atoms. The molecular weight excluding hydrogens is 290 g/mol. The monoisotopic (exact) mass is 311 g/mol. The lowest BCUT2D eigenvalue weighted by Gasteiger charge is -2.28. The Balaban J connectivity index is 1.41. The summed E-state index contributed by atoms with van der Waals surface area (Å²) >= 11 is 0. The van der Waals surface area contributed by atoms with Crippen LogP contribution in [0.5, 0.6) is 0 Å². The van der Waals surface area contributed by atoms with E-state index in [1.807, 2.05) is 35.2 Å². The van der Waals surface area contributed by atoms with Crippen LogP contribution in [0.15, 0.2) is 30.3 Å². The molecule has 0 bridgehead atoms. The van der Waals surface area contributed by atoms with E-state index in [0.29, 0.717) is 13.1 Å². The molecule has 2 aliphatic rings. The van der Waals surface area contributed by atoms with Gasteiger partial charge in [0.1, 0.15) is 0 Å². The van der Waals surface area contributed by atoms with Gasteiger partial charge in [-0.05, 0) is 25.3 Å². The lowest BCUT2D eigenvalue weighted by atomic mass is 10.2. The van der Waals surface area contributed by atoms with Crippen LogP contribution in [0.25, 0.3) is 11.4 Å². The van der Waals surface area contributed by atoms with Crippen LogP contribution in [0.2, 0.25) is 0 Å². The van der Waals surface area contributed by atoms with E-state index in [1.54, 1.807) is 0 Å². The predicted molar refractivity (Wildman–Crippen MR) is 86.5 cm³/mol. The van der Waals surface area contributed by atoms with Crippen molar-refractivity contribution in [2.75, 3.05) is 19.6 Å². The SMILES string of the molecule is O=C(CNCC1CC1)N1CCn2c(nnc2-c2ccccc2)C1. The van der Waals surface area contributed by atoms with Crippen molar-refractivity contribution in [2.45, 2.75) is 25.9 Å². The average molecular weight is 311 g/mol. The lowest BCUT2D eigenvalue weighted by Crippen LogP contribution is -2.43. The zero-order valence-electron chi connectivity index (χ0n) is 13.1.